The summed E-state index contributed by atoms with van der Waals surface area (Å²) >= 11 is 1.57. The first-order valence-corrected chi connectivity index (χ1v) is 5.64. The zero-order valence-electron chi connectivity index (χ0n) is 9.10. The zero-order chi connectivity index (χ0) is 11.7. The zero-order valence-corrected chi connectivity index (χ0v) is 9.91. The summed E-state index contributed by atoms with van der Waals surface area (Å²) in [4.78, 5) is 17.0. The number of aryl methyl sites for hydroxylation is 2. The van der Waals surface area contributed by atoms with Gasteiger partial charge in [0.2, 0.25) is 0 Å². The number of nitrogen functional groups attached to an aromatic ring is 1. The van der Waals surface area contributed by atoms with Crippen LogP contribution in [0.4, 0.5) is 5.82 Å². The van der Waals surface area contributed by atoms with Crippen LogP contribution in [0.25, 0.3) is 0 Å². The van der Waals surface area contributed by atoms with Crippen molar-refractivity contribution in [2.45, 2.75) is 20.4 Å². The van der Waals surface area contributed by atoms with Crippen molar-refractivity contribution < 1.29 is 0 Å². The van der Waals surface area contributed by atoms with E-state index in [0.29, 0.717) is 12.4 Å². The van der Waals surface area contributed by atoms with Crippen LogP contribution in [0.3, 0.4) is 0 Å². The molecule has 0 aromatic carbocycles. The minimum absolute atomic E-state index is 0.167. The lowest BCUT2D eigenvalue weighted by molar-refractivity contribution is 0.640. The Balaban J connectivity index is 2.33. The average molecular weight is 236 g/mol. The van der Waals surface area contributed by atoms with Gasteiger partial charge < -0.3 is 5.73 Å². The largest absolute Gasteiger partial charge is 0.382 e. The maximum atomic E-state index is 11.5. The second kappa shape index (κ2) is 4.05. The van der Waals surface area contributed by atoms with Crippen LogP contribution < -0.4 is 11.3 Å². The molecule has 2 aromatic rings. The van der Waals surface area contributed by atoms with Gasteiger partial charge in [0.15, 0.2) is 0 Å². The number of nitrogens with zero attached hydrogens (tertiary/aromatic N) is 3. The van der Waals surface area contributed by atoms with E-state index in [1.54, 1.807) is 11.3 Å². The molecule has 0 atom stereocenters. The number of rotatable bonds is 2. The smallest absolute Gasteiger partial charge is 0.267 e. The second-order valence-corrected chi connectivity index (χ2v) is 4.79. The molecule has 0 aliphatic heterocycles. The summed E-state index contributed by atoms with van der Waals surface area (Å²) in [5.74, 6) is 0.338. The van der Waals surface area contributed by atoms with E-state index in [0.717, 1.165) is 15.6 Å². The Morgan fingerprint density at radius 3 is 2.81 bits per heavy atom. The van der Waals surface area contributed by atoms with E-state index < -0.39 is 0 Å². The Morgan fingerprint density at radius 2 is 2.19 bits per heavy atom. The van der Waals surface area contributed by atoms with E-state index in [9.17, 15) is 4.79 Å². The molecule has 0 aliphatic carbocycles. The molecule has 2 rings (SSSR count). The third-order valence-corrected chi connectivity index (χ3v) is 3.30. The minimum Gasteiger partial charge on any atom is -0.382 e. The maximum absolute atomic E-state index is 11.5. The van der Waals surface area contributed by atoms with E-state index in [1.807, 2.05) is 13.8 Å². The first-order valence-electron chi connectivity index (χ1n) is 4.83. The molecule has 0 aliphatic rings. The highest BCUT2D eigenvalue weighted by molar-refractivity contribution is 7.11. The Labute approximate surface area is 96.6 Å². The number of hydrogen-bond donors (Lipinski definition) is 1. The highest BCUT2D eigenvalue weighted by atomic mass is 32.1. The van der Waals surface area contributed by atoms with E-state index in [1.165, 1.54) is 16.8 Å². The topological polar surface area (TPSA) is 73.8 Å². The molecule has 16 heavy (non-hydrogen) atoms. The van der Waals surface area contributed by atoms with Crippen molar-refractivity contribution in [3.63, 3.8) is 0 Å². The summed E-state index contributed by atoms with van der Waals surface area (Å²) in [6, 6.07) is 2.91. The predicted molar refractivity (Wildman–Crippen MR) is 63.6 cm³/mol. The fraction of sp³-hybridized carbons (Fsp3) is 0.300. The summed E-state index contributed by atoms with van der Waals surface area (Å²) in [6.45, 7) is 4.33. The van der Waals surface area contributed by atoms with Gasteiger partial charge in [-0.3, -0.25) is 4.79 Å². The van der Waals surface area contributed by atoms with Gasteiger partial charge in [-0.05, 0) is 19.9 Å². The maximum Gasteiger partial charge on any atom is 0.267 e. The predicted octanol–water partition coefficient (Wildman–Crippen LogP) is 0.947. The van der Waals surface area contributed by atoms with E-state index in [2.05, 4.69) is 10.1 Å². The van der Waals surface area contributed by atoms with E-state index >= 15 is 0 Å². The molecule has 0 spiro atoms. The van der Waals surface area contributed by atoms with Crippen LogP contribution >= 0.6 is 11.3 Å². The molecular formula is C10H12N4OS. The Morgan fingerprint density at radius 1 is 1.44 bits per heavy atom. The minimum atomic E-state index is -0.167. The van der Waals surface area contributed by atoms with Gasteiger partial charge in [-0.15, -0.1) is 11.3 Å². The molecule has 2 N–H and O–H groups in total. The van der Waals surface area contributed by atoms with Crippen LogP contribution in [0.2, 0.25) is 0 Å². The Hall–Kier alpha value is -1.69. The molecular weight excluding hydrogens is 224 g/mol. The van der Waals surface area contributed by atoms with Crippen LogP contribution in [0.5, 0.6) is 0 Å². The van der Waals surface area contributed by atoms with Gasteiger partial charge in [0.25, 0.3) is 5.56 Å². The summed E-state index contributed by atoms with van der Waals surface area (Å²) in [7, 11) is 0. The lowest BCUT2D eigenvalue weighted by Gasteiger charge is -2.01. The quantitative estimate of drug-likeness (QED) is 0.842. The van der Waals surface area contributed by atoms with Crippen molar-refractivity contribution in [2.24, 2.45) is 0 Å². The normalized spacial score (nSPS) is 10.6. The van der Waals surface area contributed by atoms with Crippen LogP contribution in [-0.2, 0) is 6.54 Å². The summed E-state index contributed by atoms with van der Waals surface area (Å²) in [5.41, 5.74) is 6.36. The number of thiazole rings is 1. The van der Waals surface area contributed by atoms with Crippen LogP contribution in [-0.4, -0.2) is 14.8 Å². The molecule has 0 amide bonds. The van der Waals surface area contributed by atoms with Gasteiger partial charge in [-0.1, -0.05) is 0 Å². The molecule has 84 valence electrons. The molecule has 0 bridgehead atoms. The van der Waals surface area contributed by atoms with Gasteiger partial charge in [-0.25, -0.2) is 9.67 Å². The number of nitrogens with two attached hydrogens (primary N) is 1. The van der Waals surface area contributed by atoms with Gasteiger partial charge >= 0.3 is 0 Å². The monoisotopic (exact) mass is 236 g/mol. The molecule has 0 unspecified atom stereocenters. The third kappa shape index (κ3) is 2.11. The average Bonchev–Trinajstić information content (AvgIpc) is 2.52. The number of anilines is 1. The van der Waals surface area contributed by atoms with Crippen LogP contribution in [0.1, 0.15) is 15.6 Å². The van der Waals surface area contributed by atoms with Gasteiger partial charge in [-0.2, -0.15) is 5.10 Å². The molecule has 0 saturated carbocycles. The molecule has 0 radical (unpaired) electrons. The summed E-state index contributed by atoms with van der Waals surface area (Å²) in [5, 5.41) is 4.83. The number of hydrogen-bond acceptors (Lipinski definition) is 5. The SMILES string of the molecule is Cc1nc(Cn2nc(N)ccc2=O)sc1C. The van der Waals surface area contributed by atoms with Crippen molar-refractivity contribution in [1.82, 2.24) is 14.8 Å². The van der Waals surface area contributed by atoms with E-state index in [4.69, 9.17) is 5.73 Å². The molecule has 2 heterocycles. The molecule has 6 heteroatoms. The van der Waals surface area contributed by atoms with Crippen molar-refractivity contribution >= 4 is 17.2 Å². The standard InChI is InChI=1S/C10H12N4OS/c1-6-7(2)16-9(12-6)5-14-10(15)4-3-8(11)13-14/h3-4H,5H2,1-2H3,(H2,11,13). The summed E-state index contributed by atoms with van der Waals surface area (Å²) < 4.78 is 1.33. The van der Waals surface area contributed by atoms with Crippen molar-refractivity contribution in [3.05, 3.63) is 38.1 Å². The van der Waals surface area contributed by atoms with E-state index in [-0.39, 0.29) is 5.56 Å². The summed E-state index contributed by atoms with van der Waals surface area (Å²) in [6.07, 6.45) is 0. The van der Waals surface area contributed by atoms with Crippen molar-refractivity contribution in [2.75, 3.05) is 5.73 Å². The number of aromatic nitrogens is 3. The van der Waals surface area contributed by atoms with Crippen LogP contribution in [0, 0.1) is 13.8 Å². The highest BCUT2D eigenvalue weighted by Crippen LogP contribution is 2.16. The molecule has 0 fully saturated rings. The lowest BCUT2D eigenvalue weighted by Crippen LogP contribution is -2.23. The fourth-order valence-electron chi connectivity index (χ4n) is 1.31. The molecule has 5 nitrogen and oxygen atoms in total. The van der Waals surface area contributed by atoms with Gasteiger partial charge in [0, 0.05) is 10.9 Å². The Bertz CT molecular complexity index is 553. The van der Waals surface area contributed by atoms with Gasteiger partial charge in [0.1, 0.15) is 10.8 Å². The third-order valence-electron chi connectivity index (χ3n) is 2.25. The van der Waals surface area contributed by atoms with Crippen molar-refractivity contribution in [3.8, 4) is 0 Å². The Kier molecular flexibility index (Phi) is 2.74. The van der Waals surface area contributed by atoms with Crippen LogP contribution in [0.15, 0.2) is 16.9 Å². The molecule has 0 saturated heterocycles. The fourth-order valence-corrected chi connectivity index (χ4v) is 2.23. The van der Waals surface area contributed by atoms with Gasteiger partial charge in [0.05, 0.1) is 12.2 Å². The highest BCUT2D eigenvalue weighted by Gasteiger charge is 2.06. The first-order chi connectivity index (χ1) is 7.56. The first kappa shape index (κ1) is 10.8. The second-order valence-electron chi connectivity index (χ2n) is 3.50. The van der Waals surface area contributed by atoms with Crippen molar-refractivity contribution in [1.29, 1.82) is 0 Å². The lowest BCUT2D eigenvalue weighted by atomic mass is 10.4. The molecule has 2 aromatic heterocycles.